The van der Waals surface area contributed by atoms with Crippen molar-refractivity contribution in [1.82, 2.24) is 20.2 Å². The van der Waals surface area contributed by atoms with Crippen LogP contribution in [-0.4, -0.2) is 35.1 Å². The van der Waals surface area contributed by atoms with Crippen LogP contribution < -0.4 is 16.2 Å². The molecule has 0 spiro atoms. The predicted octanol–water partition coefficient (Wildman–Crippen LogP) is 0.174. The van der Waals surface area contributed by atoms with Crippen molar-refractivity contribution < 1.29 is 9.21 Å². The molecule has 0 fully saturated rings. The molecule has 108 valence electrons. The van der Waals surface area contributed by atoms with Gasteiger partial charge in [0, 0.05) is 20.1 Å². The van der Waals surface area contributed by atoms with Gasteiger partial charge in [0.2, 0.25) is 5.71 Å². The quantitative estimate of drug-likeness (QED) is 0.761. The average Bonchev–Trinajstić information content (AvgIpc) is 2.76. The fourth-order valence-electron chi connectivity index (χ4n) is 1.99. The summed E-state index contributed by atoms with van der Waals surface area (Å²) in [6, 6.07) is 0. The summed E-state index contributed by atoms with van der Waals surface area (Å²) in [5.41, 5.74) is 0.177. The van der Waals surface area contributed by atoms with Gasteiger partial charge >= 0.3 is 0 Å². The van der Waals surface area contributed by atoms with Crippen LogP contribution in [0.2, 0.25) is 0 Å². The number of aryl methyl sites for hydroxylation is 2. The van der Waals surface area contributed by atoms with Gasteiger partial charge < -0.3 is 19.6 Å². The lowest BCUT2D eigenvalue weighted by atomic mass is 10.2. The number of nitrogens with zero attached hydrogens (tertiary/aromatic N) is 2. The third-order valence-corrected chi connectivity index (χ3v) is 3.01. The Morgan fingerprint density at radius 1 is 1.45 bits per heavy atom. The maximum atomic E-state index is 12.2. The number of furan rings is 1. The van der Waals surface area contributed by atoms with Crippen molar-refractivity contribution in [2.75, 3.05) is 19.6 Å². The van der Waals surface area contributed by atoms with E-state index >= 15 is 0 Å². The molecule has 2 N–H and O–H groups in total. The lowest BCUT2D eigenvalue weighted by Crippen LogP contribution is -2.32. The van der Waals surface area contributed by atoms with Crippen molar-refractivity contribution in [1.29, 1.82) is 0 Å². The molecule has 2 heterocycles. The number of hydrogen-bond donors (Lipinski definition) is 2. The summed E-state index contributed by atoms with van der Waals surface area (Å²) in [7, 11) is 1.59. The summed E-state index contributed by atoms with van der Waals surface area (Å²) in [5.74, 6) is 0.0843. The van der Waals surface area contributed by atoms with Crippen LogP contribution in [-0.2, 0) is 7.05 Å². The van der Waals surface area contributed by atoms with E-state index in [9.17, 15) is 9.59 Å². The minimum atomic E-state index is -0.316. The SMILES string of the molecule is CCNCCNC(=O)c1c(C)oc2ncn(C)c(=O)c12. The van der Waals surface area contributed by atoms with Gasteiger partial charge in [-0.2, -0.15) is 0 Å². The maximum Gasteiger partial charge on any atom is 0.265 e. The standard InChI is InChI=1S/C13H18N4O3/c1-4-14-5-6-15-11(18)9-8(2)20-12-10(9)13(19)17(3)7-16-12/h7,14H,4-6H2,1-3H3,(H,15,18). The maximum absolute atomic E-state index is 12.2. The Kier molecular flexibility index (Phi) is 4.19. The molecule has 1 amide bonds. The molecule has 0 bridgehead atoms. The molecule has 2 aromatic heterocycles. The fourth-order valence-corrected chi connectivity index (χ4v) is 1.99. The summed E-state index contributed by atoms with van der Waals surface area (Å²) in [4.78, 5) is 28.3. The average molecular weight is 278 g/mol. The van der Waals surface area contributed by atoms with Crippen molar-refractivity contribution >= 4 is 17.0 Å². The van der Waals surface area contributed by atoms with Crippen molar-refractivity contribution in [3.63, 3.8) is 0 Å². The van der Waals surface area contributed by atoms with Crippen LogP contribution in [0, 0.1) is 6.92 Å². The highest BCUT2D eigenvalue weighted by molar-refractivity contribution is 6.06. The molecule has 2 rings (SSSR count). The molecule has 0 aliphatic carbocycles. The van der Waals surface area contributed by atoms with E-state index in [2.05, 4.69) is 15.6 Å². The van der Waals surface area contributed by atoms with E-state index in [-0.39, 0.29) is 28.1 Å². The molecule has 7 nitrogen and oxygen atoms in total. The number of aromatic nitrogens is 2. The molecular formula is C13H18N4O3. The van der Waals surface area contributed by atoms with E-state index in [0.717, 1.165) is 6.54 Å². The van der Waals surface area contributed by atoms with Crippen LogP contribution in [0.5, 0.6) is 0 Å². The number of fused-ring (bicyclic) bond motifs is 1. The molecule has 0 unspecified atom stereocenters. The first-order valence-corrected chi connectivity index (χ1v) is 6.50. The van der Waals surface area contributed by atoms with Gasteiger partial charge in [-0.3, -0.25) is 9.59 Å². The zero-order valence-corrected chi connectivity index (χ0v) is 11.8. The van der Waals surface area contributed by atoms with Crippen molar-refractivity contribution in [3.8, 4) is 0 Å². The van der Waals surface area contributed by atoms with E-state index in [0.29, 0.717) is 18.8 Å². The Labute approximate surface area is 116 Å². The van der Waals surface area contributed by atoms with Gasteiger partial charge in [-0.1, -0.05) is 6.92 Å². The number of amides is 1. The molecule has 0 aliphatic heterocycles. The Morgan fingerprint density at radius 2 is 2.20 bits per heavy atom. The normalized spacial score (nSPS) is 10.9. The first-order valence-electron chi connectivity index (χ1n) is 6.50. The van der Waals surface area contributed by atoms with E-state index < -0.39 is 0 Å². The van der Waals surface area contributed by atoms with Crippen LogP contribution in [0.3, 0.4) is 0 Å². The molecule has 0 saturated carbocycles. The van der Waals surface area contributed by atoms with E-state index in [4.69, 9.17) is 4.42 Å². The molecular weight excluding hydrogens is 260 g/mol. The molecule has 7 heteroatoms. The third-order valence-electron chi connectivity index (χ3n) is 3.01. The highest BCUT2D eigenvalue weighted by Crippen LogP contribution is 2.20. The molecule has 0 aromatic carbocycles. The number of carbonyl (C=O) groups is 1. The van der Waals surface area contributed by atoms with Gasteiger partial charge in [0.15, 0.2) is 0 Å². The zero-order valence-electron chi connectivity index (χ0n) is 11.8. The van der Waals surface area contributed by atoms with Crippen molar-refractivity contribution in [2.45, 2.75) is 13.8 Å². The first-order chi connectivity index (χ1) is 9.56. The van der Waals surface area contributed by atoms with Gasteiger partial charge in [-0.15, -0.1) is 0 Å². The summed E-state index contributed by atoms with van der Waals surface area (Å²) < 4.78 is 6.71. The van der Waals surface area contributed by atoms with Gasteiger partial charge in [0.25, 0.3) is 11.5 Å². The van der Waals surface area contributed by atoms with Crippen molar-refractivity contribution in [3.05, 3.63) is 28.0 Å². The second kappa shape index (κ2) is 5.87. The monoisotopic (exact) mass is 278 g/mol. The highest BCUT2D eigenvalue weighted by atomic mass is 16.3. The second-order valence-corrected chi connectivity index (χ2v) is 4.48. The molecule has 0 saturated heterocycles. The van der Waals surface area contributed by atoms with Crippen molar-refractivity contribution in [2.24, 2.45) is 7.05 Å². The molecule has 20 heavy (non-hydrogen) atoms. The minimum absolute atomic E-state index is 0.197. The summed E-state index contributed by atoms with van der Waals surface area (Å²) in [5, 5.41) is 6.10. The van der Waals surface area contributed by atoms with E-state index in [1.54, 1.807) is 14.0 Å². The topological polar surface area (TPSA) is 89.2 Å². The Morgan fingerprint density at radius 3 is 2.90 bits per heavy atom. The number of rotatable bonds is 5. The van der Waals surface area contributed by atoms with E-state index in [1.165, 1.54) is 10.9 Å². The molecule has 0 radical (unpaired) electrons. The predicted molar refractivity (Wildman–Crippen MR) is 74.9 cm³/mol. The van der Waals surface area contributed by atoms with Gasteiger partial charge in [0.1, 0.15) is 17.5 Å². The zero-order chi connectivity index (χ0) is 14.7. The second-order valence-electron chi connectivity index (χ2n) is 4.48. The van der Waals surface area contributed by atoms with Crippen LogP contribution in [0.15, 0.2) is 15.5 Å². The smallest absolute Gasteiger partial charge is 0.265 e. The lowest BCUT2D eigenvalue weighted by molar-refractivity contribution is 0.0954. The number of likely N-dealkylation sites (N-methyl/N-ethyl adjacent to an activating group) is 1. The van der Waals surface area contributed by atoms with Gasteiger partial charge in [-0.05, 0) is 13.5 Å². The summed E-state index contributed by atoms with van der Waals surface area (Å²) in [6.45, 7) is 5.64. The Hall–Kier alpha value is -2.15. The van der Waals surface area contributed by atoms with Crippen LogP contribution >= 0.6 is 0 Å². The number of nitrogens with one attached hydrogen (secondary N) is 2. The minimum Gasteiger partial charge on any atom is -0.442 e. The summed E-state index contributed by atoms with van der Waals surface area (Å²) in [6.07, 6.45) is 1.38. The third kappa shape index (κ3) is 2.57. The highest BCUT2D eigenvalue weighted by Gasteiger charge is 2.21. The van der Waals surface area contributed by atoms with E-state index in [1.807, 2.05) is 6.92 Å². The summed E-state index contributed by atoms with van der Waals surface area (Å²) >= 11 is 0. The van der Waals surface area contributed by atoms with Crippen LogP contribution in [0.25, 0.3) is 11.1 Å². The Bertz CT molecular complexity index is 687. The Balaban J connectivity index is 2.34. The van der Waals surface area contributed by atoms with Gasteiger partial charge in [0.05, 0.1) is 5.56 Å². The number of carbonyl (C=O) groups excluding carboxylic acids is 1. The lowest BCUT2D eigenvalue weighted by Gasteiger charge is -2.05. The molecule has 0 aliphatic rings. The first kappa shape index (κ1) is 14.3. The van der Waals surface area contributed by atoms with Crippen LogP contribution in [0.4, 0.5) is 0 Å². The molecule has 2 aromatic rings. The fraction of sp³-hybridized carbons (Fsp3) is 0.462. The van der Waals surface area contributed by atoms with Gasteiger partial charge in [-0.25, -0.2) is 4.98 Å². The number of hydrogen-bond acceptors (Lipinski definition) is 5. The largest absolute Gasteiger partial charge is 0.442 e. The van der Waals surface area contributed by atoms with Crippen LogP contribution in [0.1, 0.15) is 23.0 Å². The molecule has 0 atom stereocenters.